The number of rotatable bonds is 5. The third-order valence-corrected chi connectivity index (χ3v) is 7.30. The van der Waals surface area contributed by atoms with Crippen molar-refractivity contribution in [3.63, 3.8) is 0 Å². The summed E-state index contributed by atoms with van der Waals surface area (Å²) in [5, 5.41) is 0. The van der Waals surface area contributed by atoms with E-state index in [2.05, 4.69) is 4.90 Å². The van der Waals surface area contributed by atoms with Gasteiger partial charge in [-0.3, -0.25) is 9.59 Å². The lowest BCUT2D eigenvalue weighted by atomic mass is 9.86. The molecule has 2 saturated heterocycles. The molecule has 2 bridgehead atoms. The first-order valence-corrected chi connectivity index (χ1v) is 12.6. The van der Waals surface area contributed by atoms with Crippen LogP contribution in [0.2, 0.25) is 0 Å². The minimum absolute atomic E-state index is 0.0604. The van der Waals surface area contributed by atoms with Gasteiger partial charge in [0.15, 0.2) is 0 Å². The summed E-state index contributed by atoms with van der Waals surface area (Å²) in [6.07, 6.45) is 4.94. The number of piperidine rings is 1. The molecule has 35 heavy (non-hydrogen) atoms. The molecule has 3 aromatic rings. The third kappa shape index (κ3) is 4.93. The lowest BCUT2D eigenvalue weighted by Gasteiger charge is -2.50. The van der Waals surface area contributed by atoms with Crippen molar-refractivity contribution in [1.82, 2.24) is 9.80 Å². The monoisotopic (exact) mass is 464 g/mol. The summed E-state index contributed by atoms with van der Waals surface area (Å²) in [5.74, 6) is -0.110. The Morgan fingerprint density at radius 2 is 1.26 bits per heavy atom. The van der Waals surface area contributed by atoms with Gasteiger partial charge in [0.1, 0.15) is 0 Å². The zero-order chi connectivity index (χ0) is 24.2. The molecule has 2 fully saturated rings. The SMILES string of the molecule is C/C(=C\c1ccccc1)C(=O)N1[C@@H]2CCC[C@H]1CN(C(=O)C(c1ccccc1)c1ccccc1)C2. The van der Waals surface area contributed by atoms with Crippen molar-refractivity contribution in [3.8, 4) is 0 Å². The van der Waals surface area contributed by atoms with Crippen LogP contribution >= 0.6 is 0 Å². The average molecular weight is 465 g/mol. The first kappa shape index (κ1) is 23.1. The lowest BCUT2D eigenvalue weighted by molar-refractivity contribution is -0.147. The topological polar surface area (TPSA) is 40.6 Å². The molecule has 2 aliphatic rings. The molecule has 0 aromatic heterocycles. The van der Waals surface area contributed by atoms with E-state index in [9.17, 15) is 9.59 Å². The molecule has 0 unspecified atom stereocenters. The van der Waals surface area contributed by atoms with E-state index in [0.29, 0.717) is 13.1 Å². The highest BCUT2D eigenvalue weighted by molar-refractivity contribution is 5.98. The fourth-order valence-corrected chi connectivity index (χ4v) is 5.63. The molecule has 5 rings (SSSR count). The van der Waals surface area contributed by atoms with Gasteiger partial charge in [-0.2, -0.15) is 0 Å². The maximum absolute atomic E-state index is 14.0. The van der Waals surface area contributed by atoms with Gasteiger partial charge in [-0.15, -0.1) is 0 Å². The summed E-state index contributed by atoms with van der Waals surface area (Å²) >= 11 is 0. The van der Waals surface area contributed by atoms with E-state index in [-0.39, 0.29) is 29.8 Å². The number of carbonyl (C=O) groups excluding carboxylic acids is 2. The van der Waals surface area contributed by atoms with Gasteiger partial charge in [0, 0.05) is 30.7 Å². The van der Waals surface area contributed by atoms with E-state index in [1.54, 1.807) is 0 Å². The molecular formula is C31H32N2O2. The van der Waals surface area contributed by atoms with Crippen molar-refractivity contribution < 1.29 is 9.59 Å². The minimum atomic E-state index is -0.333. The fraction of sp³-hybridized carbons (Fsp3) is 0.290. The number of benzene rings is 3. The van der Waals surface area contributed by atoms with Gasteiger partial charge >= 0.3 is 0 Å². The van der Waals surface area contributed by atoms with Crippen LogP contribution in [0.25, 0.3) is 6.08 Å². The number of hydrogen-bond acceptors (Lipinski definition) is 2. The Balaban J connectivity index is 1.38. The first-order chi connectivity index (χ1) is 17.1. The maximum Gasteiger partial charge on any atom is 0.250 e. The van der Waals surface area contributed by atoms with Crippen LogP contribution in [-0.2, 0) is 9.59 Å². The summed E-state index contributed by atoms with van der Waals surface area (Å²) in [5.41, 5.74) is 3.80. The molecule has 4 nitrogen and oxygen atoms in total. The van der Waals surface area contributed by atoms with E-state index in [1.165, 1.54) is 0 Å². The average Bonchev–Trinajstić information content (AvgIpc) is 2.89. The van der Waals surface area contributed by atoms with Crippen LogP contribution < -0.4 is 0 Å². The number of amides is 2. The van der Waals surface area contributed by atoms with Crippen LogP contribution in [-0.4, -0.2) is 46.8 Å². The molecular weight excluding hydrogens is 432 g/mol. The molecule has 3 aromatic carbocycles. The highest BCUT2D eigenvalue weighted by Crippen LogP contribution is 2.34. The third-order valence-electron chi connectivity index (χ3n) is 7.30. The second-order valence-electron chi connectivity index (χ2n) is 9.69. The van der Waals surface area contributed by atoms with E-state index in [0.717, 1.165) is 41.5 Å². The largest absolute Gasteiger partial charge is 0.338 e. The Bertz CT molecular complexity index is 1140. The number of likely N-dealkylation sites (tertiary alicyclic amines) is 1. The summed E-state index contributed by atoms with van der Waals surface area (Å²) in [4.78, 5) is 31.6. The second kappa shape index (κ2) is 10.3. The van der Waals surface area contributed by atoms with Crippen LogP contribution in [0.1, 0.15) is 48.8 Å². The van der Waals surface area contributed by atoms with Crippen molar-refractivity contribution in [1.29, 1.82) is 0 Å². The molecule has 178 valence electrons. The Hall–Kier alpha value is -3.66. The summed E-state index contributed by atoms with van der Waals surface area (Å²) in [6.45, 7) is 3.09. The quantitative estimate of drug-likeness (QED) is 0.467. The summed E-state index contributed by atoms with van der Waals surface area (Å²) < 4.78 is 0. The second-order valence-corrected chi connectivity index (χ2v) is 9.69. The van der Waals surface area contributed by atoms with Gasteiger partial charge < -0.3 is 9.80 Å². The van der Waals surface area contributed by atoms with Gasteiger partial charge in [0.05, 0.1) is 5.92 Å². The minimum Gasteiger partial charge on any atom is -0.338 e. The Morgan fingerprint density at radius 3 is 1.77 bits per heavy atom. The van der Waals surface area contributed by atoms with Crippen LogP contribution in [0, 0.1) is 0 Å². The van der Waals surface area contributed by atoms with Crippen LogP contribution in [0.3, 0.4) is 0 Å². The standard InChI is InChI=1S/C31H32N2O2/c1-23(20-24-12-5-2-6-13-24)30(34)33-27-18-11-19-28(33)22-32(21-27)31(35)29(25-14-7-3-8-15-25)26-16-9-4-10-17-26/h2-10,12-17,20,27-29H,11,18-19,21-22H2,1H3/b23-20+/t27-,28+. The van der Waals surface area contributed by atoms with Crippen molar-refractivity contribution in [3.05, 3.63) is 113 Å². The molecule has 2 amide bonds. The molecule has 0 N–H and O–H groups in total. The van der Waals surface area contributed by atoms with Crippen molar-refractivity contribution in [2.24, 2.45) is 0 Å². The van der Waals surface area contributed by atoms with Gasteiger partial charge in [-0.1, -0.05) is 91.0 Å². The van der Waals surface area contributed by atoms with Gasteiger partial charge in [-0.25, -0.2) is 0 Å². The summed E-state index contributed by atoms with van der Waals surface area (Å²) in [7, 11) is 0. The normalized spacial score (nSPS) is 20.1. The Labute approximate surface area is 207 Å². The molecule has 2 heterocycles. The van der Waals surface area contributed by atoms with E-state index in [1.807, 2.05) is 109 Å². The molecule has 4 heteroatoms. The highest BCUT2D eigenvalue weighted by Gasteiger charge is 2.43. The van der Waals surface area contributed by atoms with Gasteiger partial charge in [0.25, 0.3) is 0 Å². The molecule has 2 atom stereocenters. The van der Waals surface area contributed by atoms with Gasteiger partial charge in [0.2, 0.25) is 11.8 Å². The Morgan fingerprint density at radius 1 is 0.771 bits per heavy atom. The number of nitrogens with zero attached hydrogens (tertiary/aromatic N) is 2. The lowest BCUT2D eigenvalue weighted by Crippen LogP contribution is -2.64. The van der Waals surface area contributed by atoms with Crippen LogP contribution in [0.15, 0.2) is 96.6 Å². The molecule has 2 aliphatic heterocycles. The first-order valence-electron chi connectivity index (χ1n) is 12.6. The van der Waals surface area contributed by atoms with E-state index in [4.69, 9.17) is 0 Å². The number of hydrogen-bond donors (Lipinski definition) is 0. The highest BCUT2D eigenvalue weighted by atomic mass is 16.2. The van der Waals surface area contributed by atoms with Crippen molar-refractivity contribution >= 4 is 17.9 Å². The number of piperazine rings is 1. The smallest absolute Gasteiger partial charge is 0.250 e. The number of fused-ring (bicyclic) bond motifs is 2. The fourth-order valence-electron chi connectivity index (χ4n) is 5.63. The van der Waals surface area contributed by atoms with Gasteiger partial charge in [-0.05, 0) is 49.0 Å². The molecule has 0 spiro atoms. The van der Waals surface area contributed by atoms with Crippen LogP contribution in [0.5, 0.6) is 0 Å². The zero-order valence-corrected chi connectivity index (χ0v) is 20.2. The van der Waals surface area contributed by atoms with Crippen LogP contribution in [0.4, 0.5) is 0 Å². The van der Waals surface area contributed by atoms with Crippen molar-refractivity contribution in [2.45, 2.75) is 44.2 Å². The zero-order valence-electron chi connectivity index (χ0n) is 20.2. The molecule has 0 saturated carbocycles. The summed E-state index contributed by atoms with van der Waals surface area (Å²) in [6, 6.07) is 30.2. The maximum atomic E-state index is 14.0. The number of carbonyl (C=O) groups is 2. The molecule has 0 radical (unpaired) electrons. The Kier molecular flexibility index (Phi) is 6.80. The van der Waals surface area contributed by atoms with E-state index < -0.39 is 0 Å². The predicted octanol–water partition coefficient (Wildman–Crippen LogP) is 5.51. The predicted molar refractivity (Wildman–Crippen MR) is 140 cm³/mol. The van der Waals surface area contributed by atoms with E-state index >= 15 is 0 Å². The van der Waals surface area contributed by atoms with Crippen molar-refractivity contribution in [2.75, 3.05) is 13.1 Å². The molecule has 0 aliphatic carbocycles.